The van der Waals surface area contributed by atoms with Gasteiger partial charge in [-0.25, -0.2) is 4.68 Å². The molecule has 0 radical (unpaired) electrons. The quantitative estimate of drug-likeness (QED) is 0.848. The molecule has 4 heteroatoms. The van der Waals surface area contributed by atoms with Crippen molar-refractivity contribution >= 4 is 0 Å². The molecule has 0 unspecified atom stereocenters. The van der Waals surface area contributed by atoms with Crippen LogP contribution in [0, 0.1) is 0 Å². The highest BCUT2D eigenvalue weighted by atomic mass is 16.5. The molecule has 84 valence electrons. The van der Waals surface area contributed by atoms with Gasteiger partial charge in [0.1, 0.15) is 5.75 Å². The van der Waals surface area contributed by atoms with Crippen LogP contribution in [0.5, 0.6) is 5.75 Å². The zero-order valence-electron chi connectivity index (χ0n) is 9.26. The van der Waals surface area contributed by atoms with Crippen LogP contribution < -0.4 is 10.5 Å². The van der Waals surface area contributed by atoms with E-state index >= 15 is 0 Å². The van der Waals surface area contributed by atoms with E-state index < -0.39 is 0 Å². The lowest BCUT2D eigenvalue weighted by atomic mass is 10.3. The molecule has 0 spiro atoms. The Balaban J connectivity index is 2.20. The number of nitrogens with two attached hydrogens (primary N) is 1. The smallest absolute Gasteiger partial charge is 0.119 e. The number of hydrogen-bond acceptors (Lipinski definition) is 3. The van der Waals surface area contributed by atoms with Crippen LogP contribution in [0.25, 0.3) is 5.69 Å². The first-order chi connectivity index (χ1) is 7.83. The maximum atomic E-state index is 5.51. The lowest BCUT2D eigenvalue weighted by Gasteiger charge is -2.04. The summed E-state index contributed by atoms with van der Waals surface area (Å²) in [5.74, 6) is 0.873. The molecule has 0 aliphatic heterocycles. The molecule has 0 aliphatic carbocycles. The molecule has 2 aromatic rings. The summed E-state index contributed by atoms with van der Waals surface area (Å²) in [6.07, 6.45) is 1.90. The van der Waals surface area contributed by atoms with Crippen LogP contribution in [-0.2, 0) is 6.54 Å². The fourth-order valence-electron chi connectivity index (χ4n) is 1.48. The third kappa shape index (κ3) is 2.23. The number of hydrogen-bond donors (Lipinski definition) is 1. The van der Waals surface area contributed by atoms with E-state index in [-0.39, 0.29) is 0 Å². The van der Waals surface area contributed by atoms with Crippen molar-refractivity contribution in [2.24, 2.45) is 5.73 Å². The van der Waals surface area contributed by atoms with E-state index in [1.807, 2.05) is 43.5 Å². The lowest BCUT2D eigenvalue weighted by Crippen LogP contribution is -2.00. The van der Waals surface area contributed by atoms with Gasteiger partial charge < -0.3 is 10.5 Å². The third-order valence-electron chi connectivity index (χ3n) is 2.27. The molecule has 2 N–H and O–H groups in total. The summed E-state index contributed by atoms with van der Waals surface area (Å²) in [6, 6.07) is 9.72. The highest BCUT2D eigenvalue weighted by Crippen LogP contribution is 2.14. The van der Waals surface area contributed by atoms with Crippen LogP contribution in [-0.4, -0.2) is 16.4 Å². The first-order valence-electron chi connectivity index (χ1n) is 5.31. The minimum Gasteiger partial charge on any atom is -0.494 e. The SMILES string of the molecule is CCOc1ccc(-n2ccc(CN)n2)cc1. The monoisotopic (exact) mass is 217 g/mol. The van der Waals surface area contributed by atoms with Crippen molar-refractivity contribution in [2.45, 2.75) is 13.5 Å². The largest absolute Gasteiger partial charge is 0.494 e. The second kappa shape index (κ2) is 4.81. The Morgan fingerprint density at radius 3 is 2.56 bits per heavy atom. The molecule has 0 bridgehead atoms. The predicted octanol–water partition coefficient (Wildman–Crippen LogP) is 1.73. The van der Waals surface area contributed by atoms with E-state index in [9.17, 15) is 0 Å². The summed E-state index contributed by atoms with van der Waals surface area (Å²) in [7, 11) is 0. The second-order valence-electron chi connectivity index (χ2n) is 3.38. The van der Waals surface area contributed by atoms with Gasteiger partial charge in [-0.3, -0.25) is 0 Å². The van der Waals surface area contributed by atoms with Crippen molar-refractivity contribution in [3.05, 3.63) is 42.2 Å². The Hall–Kier alpha value is -1.81. The average molecular weight is 217 g/mol. The van der Waals surface area contributed by atoms with Crippen LogP contribution in [0.3, 0.4) is 0 Å². The summed E-state index contributed by atoms with van der Waals surface area (Å²) in [5.41, 5.74) is 7.40. The Morgan fingerprint density at radius 2 is 2.00 bits per heavy atom. The summed E-state index contributed by atoms with van der Waals surface area (Å²) in [4.78, 5) is 0. The van der Waals surface area contributed by atoms with Crippen molar-refractivity contribution in [3.8, 4) is 11.4 Å². The average Bonchev–Trinajstić information content (AvgIpc) is 2.79. The van der Waals surface area contributed by atoms with Gasteiger partial charge in [0.25, 0.3) is 0 Å². The van der Waals surface area contributed by atoms with Gasteiger partial charge in [-0.05, 0) is 37.3 Å². The maximum Gasteiger partial charge on any atom is 0.119 e. The Kier molecular flexibility index (Phi) is 3.22. The molecule has 0 aliphatic rings. The number of benzene rings is 1. The van der Waals surface area contributed by atoms with E-state index in [4.69, 9.17) is 10.5 Å². The van der Waals surface area contributed by atoms with Gasteiger partial charge in [0.15, 0.2) is 0 Å². The number of ether oxygens (including phenoxy) is 1. The van der Waals surface area contributed by atoms with Crippen molar-refractivity contribution in [1.82, 2.24) is 9.78 Å². The Labute approximate surface area is 94.6 Å². The van der Waals surface area contributed by atoms with E-state index in [1.165, 1.54) is 0 Å². The highest BCUT2D eigenvalue weighted by Gasteiger charge is 2.00. The standard InChI is InChI=1S/C12H15N3O/c1-2-16-12-5-3-11(4-6-12)15-8-7-10(9-13)14-15/h3-8H,2,9,13H2,1H3. The van der Waals surface area contributed by atoms with Gasteiger partial charge in [-0.2, -0.15) is 5.10 Å². The maximum absolute atomic E-state index is 5.51. The molecule has 2 rings (SSSR count). The van der Waals surface area contributed by atoms with Crippen molar-refractivity contribution in [1.29, 1.82) is 0 Å². The normalized spacial score (nSPS) is 10.4. The first-order valence-corrected chi connectivity index (χ1v) is 5.31. The van der Waals surface area contributed by atoms with E-state index in [2.05, 4.69) is 5.10 Å². The molecule has 16 heavy (non-hydrogen) atoms. The van der Waals surface area contributed by atoms with Crippen LogP contribution in [0.15, 0.2) is 36.5 Å². The molecule has 1 aromatic carbocycles. The first kappa shape index (κ1) is 10.7. The van der Waals surface area contributed by atoms with Crippen molar-refractivity contribution < 1.29 is 4.74 Å². The number of nitrogens with zero attached hydrogens (tertiary/aromatic N) is 2. The summed E-state index contributed by atoms with van der Waals surface area (Å²) >= 11 is 0. The summed E-state index contributed by atoms with van der Waals surface area (Å²) in [5, 5.41) is 4.33. The topological polar surface area (TPSA) is 53.1 Å². The Bertz CT molecular complexity index is 448. The Morgan fingerprint density at radius 1 is 1.25 bits per heavy atom. The van der Waals surface area contributed by atoms with E-state index in [0.717, 1.165) is 17.1 Å². The molecule has 0 fully saturated rings. The molecular formula is C12H15N3O. The number of rotatable bonds is 4. The van der Waals surface area contributed by atoms with E-state index in [1.54, 1.807) is 4.68 Å². The molecule has 0 saturated carbocycles. The lowest BCUT2D eigenvalue weighted by molar-refractivity contribution is 0.340. The van der Waals surface area contributed by atoms with Crippen LogP contribution in [0.2, 0.25) is 0 Å². The molecule has 0 saturated heterocycles. The third-order valence-corrected chi connectivity index (χ3v) is 2.27. The molecular weight excluding hydrogens is 202 g/mol. The molecule has 1 aromatic heterocycles. The van der Waals surface area contributed by atoms with Crippen LogP contribution in [0.4, 0.5) is 0 Å². The van der Waals surface area contributed by atoms with Gasteiger partial charge in [0.2, 0.25) is 0 Å². The second-order valence-corrected chi connectivity index (χ2v) is 3.38. The minimum atomic E-state index is 0.462. The van der Waals surface area contributed by atoms with Crippen molar-refractivity contribution in [2.75, 3.05) is 6.61 Å². The van der Waals surface area contributed by atoms with Gasteiger partial charge in [-0.1, -0.05) is 0 Å². The number of aromatic nitrogens is 2. The van der Waals surface area contributed by atoms with Crippen molar-refractivity contribution in [3.63, 3.8) is 0 Å². The van der Waals surface area contributed by atoms with Crippen LogP contribution in [0.1, 0.15) is 12.6 Å². The molecule has 0 amide bonds. The fraction of sp³-hybridized carbons (Fsp3) is 0.250. The zero-order chi connectivity index (χ0) is 11.4. The molecule has 1 heterocycles. The van der Waals surface area contributed by atoms with Gasteiger partial charge >= 0.3 is 0 Å². The highest BCUT2D eigenvalue weighted by molar-refractivity contribution is 5.36. The van der Waals surface area contributed by atoms with Gasteiger partial charge in [0.05, 0.1) is 18.0 Å². The summed E-state index contributed by atoms with van der Waals surface area (Å²) < 4.78 is 7.18. The predicted molar refractivity (Wildman–Crippen MR) is 62.6 cm³/mol. The zero-order valence-corrected chi connectivity index (χ0v) is 9.26. The molecule has 4 nitrogen and oxygen atoms in total. The molecule has 0 atom stereocenters. The summed E-state index contributed by atoms with van der Waals surface area (Å²) in [6.45, 7) is 3.11. The van der Waals surface area contributed by atoms with Gasteiger partial charge in [0, 0.05) is 12.7 Å². The van der Waals surface area contributed by atoms with Crippen LogP contribution >= 0.6 is 0 Å². The minimum absolute atomic E-state index is 0.462. The van der Waals surface area contributed by atoms with E-state index in [0.29, 0.717) is 13.2 Å². The fourth-order valence-corrected chi connectivity index (χ4v) is 1.48. The van der Waals surface area contributed by atoms with Gasteiger partial charge in [-0.15, -0.1) is 0 Å².